The Labute approximate surface area is 149 Å². The van der Waals surface area contributed by atoms with Crippen LogP contribution in [0.15, 0.2) is 42.5 Å². The van der Waals surface area contributed by atoms with Crippen molar-refractivity contribution in [2.45, 2.75) is 13.0 Å². The van der Waals surface area contributed by atoms with Crippen molar-refractivity contribution in [3.8, 4) is 0 Å². The first-order valence-corrected chi connectivity index (χ1v) is 7.91. The van der Waals surface area contributed by atoms with E-state index in [-0.39, 0.29) is 12.5 Å². The van der Waals surface area contributed by atoms with Gasteiger partial charge in [0.15, 0.2) is 11.6 Å². The van der Waals surface area contributed by atoms with Gasteiger partial charge in [0.1, 0.15) is 0 Å². The number of likely N-dealkylation sites (N-methyl/N-ethyl adjacent to an activating group) is 1. The summed E-state index contributed by atoms with van der Waals surface area (Å²) >= 11 is 5.82. The van der Waals surface area contributed by atoms with Gasteiger partial charge >= 0.3 is 0 Å². The van der Waals surface area contributed by atoms with Gasteiger partial charge in [-0.3, -0.25) is 9.59 Å². The number of carbonyl (C=O) groups is 2. The van der Waals surface area contributed by atoms with E-state index in [0.717, 1.165) is 12.1 Å². The summed E-state index contributed by atoms with van der Waals surface area (Å²) in [6.45, 7) is 1.46. The minimum absolute atomic E-state index is 0.226. The van der Waals surface area contributed by atoms with Gasteiger partial charge in [-0.05, 0) is 42.8 Å². The number of rotatable bonds is 5. The number of carbonyl (C=O) groups excluding carboxylic acids is 2. The highest BCUT2D eigenvalue weighted by molar-refractivity contribution is 6.30. The van der Waals surface area contributed by atoms with Crippen LogP contribution in [0.3, 0.4) is 0 Å². The van der Waals surface area contributed by atoms with E-state index in [0.29, 0.717) is 16.1 Å². The van der Waals surface area contributed by atoms with Crippen molar-refractivity contribution < 1.29 is 18.4 Å². The lowest BCUT2D eigenvalue weighted by Crippen LogP contribution is -2.39. The molecule has 0 saturated carbocycles. The van der Waals surface area contributed by atoms with Gasteiger partial charge in [-0.1, -0.05) is 23.7 Å². The molecule has 0 radical (unpaired) electrons. The van der Waals surface area contributed by atoms with E-state index in [1.165, 1.54) is 24.1 Å². The van der Waals surface area contributed by atoms with Gasteiger partial charge in [0.05, 0.1) is 12.6 Å². The minimum Gasteiger partial charge on any atom is -0.343 e. The first-order valence-electron chi connectivity index (χ1n) is 7.54. The van der Waals surface area contributed by atoms with Crippen LogP contribution in [-0.4, -0.2) is 30.3 Å². The molecule has 0 aromatic heterocycles. The summed E-state index contributed by atoms with van der Waals surface area (Å²) in [7, 11) is 1.53. The Balaban J connectivity index is 1.97. The molecular weight excluding hydrogens is 350 g/mol. The Hall–Kier alpha value is -2.47. The molecule has 0 aliphatic heterocycles. The van der Waals surface area contributed by atoms with Crippen LogP contribution < -0.4 is 5.32 Å². The molecule has 0 aliphatic rings. The van der Waals surface area contributed by atoms with E-state index in [1.54, 1.807) is 25.1 Å². The van der Waals surface area contributed by atoms with Gasteiger partial charge < -0.3 is 10.2 Å². The van der Waals surface area contributed by atoms with Crippen molar-refractivity contribution in [1.29, 1.82) is 0 Å². The van der Waals surface area contributed by atoms with Crippen LogP contribution in [0.25, 0.3) is 0 Å². The number of nitrogens with zero attached hydrogens (tertiary/aromatic N) is 1. The van der Waals surface area contributed by atoms with E-state index in [1.807, 2.05) is 0 Å². The van der Waals surface area contributed by atoms with Crippen molar-refractivity contribution in [3.63, 3.8) is 0 Å². The summed E-state index contributed by atoms with van der Waals surface area (Å²) in [5, 5.41) is 2.93. The highest BCUT2D eigenvalue weighted by atomic mass is 35.5. The highest BCUT2D eigenvalue weighted by Gasteiger charge is 2.19. The van der Waals surface area contributed by atoms with E-state index < -0.39 is 23.6 Å². The minimum atomic E-state index is -0.973. The van der Waals surface area contributed by atoms with Crippen molar-refractivity contribution in [2.75, 3.05) is 13.6 Å². The molecular formula is C18H17ClF2N2O2. The molecule has 2 amide bonds. The zero-order valence-electron chi connectivity index (χ0n) is 13.7. The highest BCUT2D eigenvalue weighted by Crippen LogP contribution is 2.20. The molecule has 7 heteroatoms. The number of amides is 2. The first kappa shape index (κ1) is 18.9. The Morgan fingerprint density at radius 2 is 1.88 bits per heavy atom. The fourth-order valence-corrected chi connectivity index (χ4v) is 2.41. The number of nitrogens with one attached hydrogen (secondary N) is 1. The predicted molar refractivity (Wildman–Crippen MR) is 91.3 cm³/mol. The molecule has 0 bridgehead atoms. The zero-order valence-corrected chi connectivity index (χ0v) is 14.5. The molecule has 0 saturated heterocycles. The van der Waals surface area contributed by atoms with Crippen LogP contribution in [0.2, 0.25) is 5.02 Å². The van der Waals surface area contributed by atoms with Crippen LogP contribution in [0.1, 0.15) is 28.9 Å². The van der Waals surface area contributed by atoms with Gasteiger partial charge in [-0.15, -0.1) is 0 Å². The quantitative estimate of drug-likeness (QED) is 0.879. The average molecular weight is 367 g/mol. The zero-order chi connectivity index (χ0) is 18.6. The molecule has 4 nitrogen and oxygen atoms in total. The molecule has 2 aromatic rings. The van der Waals surface area contributed by atoms with E-state index in [2.05, 4.69) is 5.32 Å². The first-order chi connectivity index (χ1) is 11.8. The molecule has 2 rings (SSSR count). The van der Waals surface area contributed by atoms with Crippen LogP contribution in [0.4, 0.5) is 8.78 Å². The van der Waals surface area contributed by atoms with Gasteiger partial charge in [-0.2, -0.15) is 0 Å². The second kappa shape index (κ2) is 8.07. The third kappa shape index (κ3) is 4.76. The monoisotopic (exact) mass is 366 g/mol. The van der Waals surface area contributed by atoms with Crippen molar-refractivity contribution in [3.05, 3.63) is 70.2 Å². The summed E-state index contributed by atoms with van der Waals surface area (Å²) in [5.41, 5.74) is 0.799. The summed E-state index contributed by atoms with van der Waals surface area (Å²) in [4.78, 5) is 25.6. The molecule has 2 aromatic carbocycles. The number of halogens is 3. The smallest absolute Gasteiger partial charge is 0.251 e. The van der Waals surface area contributed by atoms with Crippen LogP contribution in [-0.2, 0) is 4.79 Å². The maximum absolute atomic E-state index is 13.3. The lowest BCUT2D eigenvalue weighted by molar-refractivity contribution is -0.130. The molecule has 0 heterocycles. The van der Waals surface area contributed by atoms with E-state index in [9.17, 15) is 18.4 Å². The Morgan fingerprint density at radius 3 is 2.52 bits per heavy atom. The second-order valence-electron chi connectivity index (χ2n) is 5.55. The van der Waals surface area contributed by atoms with Crippen LogP contribution in [0.5, 0.6) is 0 Å². The molecule has 0 spiro atoms. The van der Waals surface area contributed by atoms with Gasteiger partial charge in [0, 0.05) is 17.6 Å². The standard InChI is InChI=1S/C18H17ClF2N2O2/c1-11(12-6-7-15(20)16(21)9-12)23(2)17(24)10-22-18(25)13-4-3-5-14(19)8-13/h3-9,11H,10H2,1-2H3,(H,22,25). The topological polar surface area (TPSA) is 49.4 Å². The number of benzene rings is 2. The van der Waals surface area contributed by atoms with E-state index in [4.69, 9.17) is 11.6 Å². The van der Waals surface area contributed by atoms with Crippen LogP contribution in [0, 0.1) is 11.6 Å². The summed E-state index contributed by atoms with van der Waals surface area (Å²) in [5.74, 6) is -2.71. The Bertz CT molecular complexity index is 798. The van der Waals surface area contributed by atoms with Gasteiger partial charge in [-0.25, -0.2) is 8.78 Å². The summed E-state index contributed by atoms with van der Waals surface area (Å²) in [6, 6.07) is 9.35. The molecule has 0 aliphatic carbocycles. The largest absolute Gasteiger partial charge is 0.343 e. The van der Waals surface area contributed by atoms with Crippen molar-refractivity contribution in [2.24, 2.45) is 0 Å². The lowest BCUT2D eigenvalue weighted by atomic mass is 10.1. The SMILES string of the molecule is CC(c1ccc(F)c(F)c1)N(C)C(=O)CNC(=O)c1cccc(Cl)c1. The maximum atomic E-state index is 13.3. The Kier molecular flexibility index (Phi) is 6.09. The van der Waals surface area contributed by atoms with Gasteiger partial charge in [0.25, 0.3) is 5.91 Å². The predicted octanol–water partition coefficient (Wildman–Crippen LogP) is 3.57. The fraction of sp³-hybridized carbons (Fsp3) is 0.222. The second-order valence-corrected chi connectivity index (χ2v) is 5.98. The normalized spacial score (nSPS) is 11.7. The molecule has 25 heavy (non-hydrogen) atoms. The van der Waals surface area contributed by atoms with Crippen LogP contribution >= 0.6 is 11.6 Å². The molecule has 132 valence electrons. The maximum Gasteiger partial charge on any atom is 0.251 e. The molecule has 1 unspecified atom stereocenters. The number of hydrogen-bond acceptors (Lipinski definition) is 2. The lowest BCUT2D eigenvalue weighted by Gasteiger charge is -2.25. The van der Waals surface area contributed by atoms with Crippen molar-refractivity contribution in [1.82, 2.24) is 10.2 Å². The third-order valence-corrected chi connectivity index (χ3v) is 4.12. The van der Waals surface area contributed by atoms with E-state index >= 15 is 0 Å². The number of hydrogen-bond donors (Lipinski definition) is 1. The summed E-state index contributed by atoms with van der Waals surface area (Å²) < 4.78 is 26.3. The Morgan fingerprint density at radius 1 is 1.16 bits per heavy atom. The molecule has 0 fully saturated rings. The molecule has 1 atom stereocenters. The van der Waals surface area contributed by atoms with Crippen molar-refractivity contribution >= 4 is 23.4 Å². The third-order valence-electron chi connectivity index (χ3n) is 3.89. The summed E-state index contributed by atoms with van der Waals surface area (Å²) in [6.07, 6.45) is 0. The fourth-order valence-electron chi connectivity index (χ4n) is 2.22. The molecule has 1 N–H and O–H groups in total. The van der Waals surface area contributed by atoms with Gasteiger partial charge in [0.2, 0.25) is 5.91 Å². The average Bonchev–Trinajstić information content (AvgIpc) is 2.60.